The molecule has 0 rings (SSSR count). The first-order valence-corrected chi connectivity index (χ1v) is 13.3. The zero-order valence-electron chi connectivity index (χ0n) is 23.5. The lowest BCUT2D eigenvalue weighted by Gasteiger charge is -2.17. The topological polar surface area (TPSA) is 209 Å². The van der Waals surface area contributed by atoms with Crippen LogP contribution in [0, 0.1) is 0 Å². The average Bonchev–Trinajstić information content (AvgIpc) is 2.77. The van der Waals surface area contributed by atoms with Gasteiger partial charge in [-0.1, -0.05) is 96.8 Å². The molecule has 36 heavy (non-hydrogen) atoms. The fourth-order valence-electron chi connectivity index (χ4n) is 3.41. The molecule has 0 radical (unpaired) electrons. The first-order chi connectivity index (χ1) is 16.3. The van der Waals surface area contributed by atoms with Crippen LogP contribution in [0.2, 0.25) is 0 Å². The van der Waals surface area contributed by atoms with E-state index in [0.29, 0.717) is 26.1 Å². The van der Waals surface area contributed by atoms with Crippen LogP contribution in [0.5, 0.6) is 0 Å². The second-order valence-corrected chi connectivity index (χ2v) is 8.62. The molecule has 0 heterocycles. The van der Waals surface area contributed by atoms with E-state index >= 15 is 0 Å². The zero-order chi connectivity index (χ0) is 26.3. The van der Waals surface area contributed by atoms with Crippen LogP contribution >= 0.6 is 0 Å². The molecule has 0 atom stereocenters. The maximum Gasteiger partial charge on any atom is 0.303 e. The van der Waals surface area contributed by atoms with Crippen molar-refractivity contribution in [3.8, 4) is 0 Å². The van der Waals surface area contributed by atoms with Crippen LogP contribution in [-0.2, 0) is 9.59 Å². The highest BCUT2D eigenvalue weighted by molar-refractivity contribution is 5.66. The van der Waals surface area contributed by atoms with Crippen LogP contribution in [0.1, 0.15) is 117 Å². The molecule has 0 aromatic heterocycles. The van der Waals surface area contributed by atoms with Crippen molar-refractivity contribution in [1.82, 2.24) is 17.2 Å². The van der Waals surface area contributed by atoms with E-state index in [1.165, 1.54) is 83.5 Å². The third kappa shape index (κ3) is 53.9. The number of aliphatic hydroxyl groups is 3. The Kier molecular flexibility index (Phi) is 50.7. The molecule has 0 fully saturated rings. The average molecular weight is 528 g/mol. The van der Waals surface area contributed by atoms with Gasteiger partial charge < -0.3 is 37.8 Å². The first kappa shape index (κ1) is 44.7. The number of carbonyl (C=O) groups is 2. The van der Waals surface area contributed by atoms with Gasteiger partial charge in [0, 0.05) is 33.0 Å². The van der Waals surface area contributed by atoms with Gasteiger partial charge in [-0.3, -0.25) is 14.5 Å². The Morgan fingerprint density at radius 2 is 0.806 bits per heavy atom. The Morgan fingerprint density at radius 1 is 0.556 bits per heavy atom. The molecule has 0 amide bonds. The number of hydrogen-bond donors (Lipinski definition) is 7. The first-order valence-electron chi connectivity index (χ1n) is 13.3. The molecule has 0 aliphatic carbocycles. The number of rotatable bonds is 22. The molecule has 0 aromatic carbocycles. The summed E-state index contributed by atoms with van der Waals surface area (Å²) in [4.78, 5) is 21.1. The third-order valence-electron chi connectivity index (χ3n) is 5.24. The molecule has 10 nitrogen and oxygen atoms in total. The number of hydrogen-bond acceptors (Lipinski definition) is 8. The summed E-state index contributed by atoms with van der Waals surface area (Å²) in [6, 6.07) is 0. The molecular formula is C26H61N3O7. The van der Waals surface area contributed by atoms with Crippen LogP contribution in [0.25, 0.3) is 0 Å². The van der Waals surface area contributed by atoms with E-state index in [2.05, 4.69) is 6.92 Å². The van der Waals surface area contributed by atoms with Crippen LogP contribution in [0.3, 0.4) is 0 Å². The van der Waals surface area contributed by atoms with E-state index in [-0.39, 0.29) is 32.1 Å². The summed E-state index contributed by atoms with van der Waals surface area (Å²) in [5.41, 5.74) is 0. The van der Waals surface area contributed by atoms with E-state index in [4.69, 9.17) is 30.3 Å². The van der Waals surface area contributed by atoms with E-state index in [0.717, 1.165) is 19.8 Å². The van der Waals surface area contributed by atoms with E-state index < -0.39 is 11.9 Å². The highest BCUT2D eigenvalue weighted by Crippen LogP contribution is 2.13. The summed E-state index contributed by atoms with van der Waals surface area (Å²) in [5.74, 6) is -1.49. The van der Waals surface area contributed by atoms with E-state index in [1.807, 2.05) is 0 Å². The van der Waals surface area contributed by atoms with Crippen molar-refractivity contribution < 1.29 is 35.1 Å². The predicted molar refractivity (Wildman–Crippen MR) is 148 cm³/mol. The van der Waals surface area contributed by atoms with Gasteiger partial charge >= 0.3 is 5.97 Å². The lowest BCUT2D eigenvalue weighted by Crippen LogP contribution is -2.32. The van der Waals surface area contributed by atoms with Gasteiger partial charge in [0.2, 0.25) is 0 Å². The van der Waals surface area contributed by atoms with Crippen molar-refractivity contribution in [1.29, 1.82) is 0 Å². The number of unbranched alkanes of at least 4 members (excludes halogenated alkanes) is 14. The molecule has 0 saturated carbocycles. The zero-order valence-corrected chi connectivity index (χ0v) is 23.5. The molecule has 0 bridgehead atoms. The molecule has 0 spiro atoms. The smallest absolute Gasteiger partial charge is 0.303 e. The maximum atomic E-state index is 10.3. The lowest BCUT2D eigenvalue weighted by molar-refractivity contribution is -0.137. The number of nitrogens with zero attached hydrogens (tertiary/aromatic N) is 1. The molecule has 10 heteroatoms. The van der Waals surface area contributed by atoms with Crippen molar-refractivity contribution in [3.63, 3.8) is 0 Å². The SMILES string of the molecule is CC(=O)O.CCCCCCCCCCCCCCCCCC(=O)O.N.N.OCCN(CCO)CCO. The minimum atomic E-state index is -0.833. The van der Waals surface area contributed by atoms with Crippen LogP contribution in [-0.4, -0.2) is 81.8 Å². The molecule has 0 saturated heterocycles. The maximum absolute atomic E-state index is 10.3. The molecule has 11 N–H and O–H groups in total. The van der Waals surface area contributed by atoms with Crippen LogP contribution in [0.15, 0.2) is 0 Å². The lowest BCUT2D eigenvalue weighted by atomic mass is 10.0. The summed E-state index contributed by atoms with van der Waals surface area (Å²) in [6.45, 7) is 5.11. The van der Waals surface area contributed by atoms with Crippen molar-refractivity contribution >= 4 is 11.9 Å². The highest BCUT2D eigenvalue weighted by atomic mass is 16.4. The van der Waals surface area contributed by atoms with Crippen molar-refractivity contribution in [2.45, 2.75) is 117 Å². The van der Waals surface area contributed by atoms with Gasteiger partial charge in [0.05, 0.1) is 19.8 Å². The minimum absolute atomic E-state index is 0. The second-order valence-electron chi connectivity index (χ2n) is 8.62. The molecule has 0 aliphatic heterocycles. The normalized spacial score (nSPS) is 9.72. The van der Waals surface area contributed by atoms with Gasteiger partial charge in [-0.25, -0.2) is 0 Å². The van der Waals surface area contributed by atoms with Crippen LogP contribution in [0.4, 0.5) is 0 Å². The summed E-state index contributed by atoms with van der Waals surface area (Å²) in [5, 5.41) is 41.4. The van der Waals surface area contributed by atoms with Gasteiger partial charge in [0.25, 0.3) is 5.97 Å². The van der Waals surface area contributed by atoms with Gasteiger partial charge in [-0.15, -0.1) is 0 Å². The minimum Gasteiger partial charge on any atom is -0.481 e. The molecule has 0 aromatic rings. The quantitative estimate of drug-likeness (QED) is 0.0935. The van der Waals surface area contributed by atoms with E-state index in [9.17, 15) is 4.79 Å². The summed E-state index contributed by atoms with van der Waals surface area (Å²) < 4.78 is 0. The number of carboxylic acid groups (broad SMARTS) is 2. The number of carboxylic acids is 2. The Balaban J connectivity index is -0.000000168. The molecule has 0 unspecified atom stereocenters. The molecule has 222 valence electrons. The van der Waals surface area contributed by atoms with Gasteiger partial charge in [0.1, 0.15) is 0 Å². The van der Waals surface area contributed by atoms with Crippen molar-refractivity contribution in [3.05, 3.63) is 0 Å². The monoisotopic (exact) mass is 527 g/mol. The van der Waals surface area contributed by atoms with Crippen LogP contribution < -0.4 is 12.3 Å². The fraction of sp³-hybridized carbons (Fsp3) is 0.923. The number of aliphatic carboxylic acids is 2. The highest BCUT2D eigenvalue weighted by Gasteiger charge is 2.00. The Bertz CT molecular complexity index is 399. The van der Waals surface area contributed by atoms with Gasteiger partial charge in [-0.2, -0.15) is 0 Å². The van der Waals surface area contributed by atoms with Gasteiger partial charge in [-0.05, 0) is 6.42 Å². The van der Waals surface area contributed by atoms with Crippen molar-refractivity contribution in [2.24, 2.45) is 0 Å². The Morgan fingerprint density at radius 3 is 1.03 bits per heavy atom. The largest absolute Gasteiger partial charge is 0.481 e. The summed E-state index contributed by atoms with van der Waals surface area (Å²) in [7, 11) is 0. The third-order valence-corrected chi connectivity index (χ3v) is 5.24. The molecular weight excluding hydrogens is 466 g/mol. The standard InChI is InChI=1S/C18H36O2.C6H15NO3.C2H4O2.2H3N/c1-2-3-4-5-6-7-8-9-10-11-12-13-14-15-16-17-18(19)20;8-4-1-7(2-5-9)3-6-10;1-2(3)4;;/h2-17H2,1H3,(H,19,20);8-10H,1-6H2;1H3,(H,3,4);2*1H3. The predicted octanol–water partition coefficient (Wildman–Crippen LogP) is 5.01. The summed E-state index contributed by atoms with van der Waals surface area (Å²) in [6.07, 6.45) is 20.2. The van der Waals surface area contributed by atoms with E-state index in [1.54, 1.807) is 4.90 Å². The Hall–Kier alpha value is -1.30. The summed E-state index contributed by atoms with van der Waals surface area (Å²) >= 11 is 0. The molecule has 0 aliphatic rings. The second kappa shape index (κ2) is 40.9. The number of aliphatic hydroxyl groups excluding tert-OH is 3. The van der Waals surface area contributed by atoms with Gasteiger partial charge in [0.15, 0.2) is 0 Å². The van der Waals surface area contributed by atoms with Crippen molar-refractivity contribution in [2.75, 3.05) is 39.5 Å². The fourth-order valence-corrected chi connectivity index (χ4v) is 3.41. The Labute approximate surface area is 220 Å².